The number of hydrogen-bond acceptors (Lipinski definition) is 3. The molecule has 1 aliphatic heterocycles. The summed E-state index contributed by atoms with van der Waals surface area (Å²) in [5.41, 5.74) is 3.03. The number of benzene rings is 1. The van der Waals surface area contributed by atoms with Gasteiger partial charge in [-0.25, -0.2) is 4.79 Å². The third-order valence-corrected chi connectivity index (χ3v) is 3.22. The van der Waals surface area contributed by atoms with Crippen LogP contribution in [0.15, 0.2) is 48.8 Å². The minimum atomic E-state index is -0.944. The summed E-state index contributed by atoms with van der Waals surface area (Å²) in [6, 6.07) is 8.73. The first-order valence-corrected chi connectivity index (χ1v) is 6.32. The number of carboxylic acid groups (broad SMARTS) is 1. The average molecular weight is 267 g/mol. The summed E-state index contributed by atoms with van der Waals surface area (Å²) in [6.07, 6.45) is 5.37. The molecule has 1 aromatic carbocycles. The van der Waals surface area contributed by atoms with Crippen molar-refractivity contribution < 1.29 is 14.6 Å². The second-order valence-electron chi connectivity index (χ2n) is 4.66. The largest absolute Gasteiger partial charge is 0.486 e. The minimum Gasteiger partial charge on any atom is -0.486 e. The van der Waals surface area contributed by atoms with E-state index in [-0.39, 0.29) is 11.7 Å². The van der Waals surface area contributed by atoms with Crippen molar-refractivity contribution in [2.24, 2.45) is 0 Å². The van der Waals surface area contributed by atoms with E-state index >= 15 is 0 Å². The summed E-state index contributed by atoms with van der Waals surface area (Å²) in [6.45, 7) is 1.95. The standard InChI is InChI=1S/C16H13NO3/c1-10-8-13(11-4-6-17-7-5-11)14-9-12(16(18)19)2-3-15(14)20-10/h2-10H,1H3,(H,18,19). The molecule has 4 heteroatoms. The van der Waals surface area contributed by atoms with Gasteiger partial charge in [0.2, 0.25) is 0 Å². The van der Waals surface area contributed by atoms with E-state index in [1.165, 1.54) is 0 Å². The molecule has 0 radical (unpaired) electrons. The summed E-state index contributed by atoms with van der Waals surface area (Å²) in [5, 5.41) is 9.12. The fourth-order valence-electron chi connectivity index (χ4n) is 2.32. The SMILES string of the molecule is CC1C=C(c2ccncc2)c2cc(C(=O)O)ccc2O1. The Balaban J connectivity index is 2.16. The lowest BCUT2D eigenvalue weighted by molar-refractivity contribution is 0.0697. The maximum Gasteiger partial charge on any atom is 0.335 e. The van der Waals surface area contributed by atoms with Crippen molar-refractivity contribution >= 4 is 11.5 Å². The van der Waals surface area contributed by atoms with Gasteiger partial charge in [-0.2, -0.15) is 0 Å². The molecule has 0 saturated heterocycles. The van der Waals surface area contributed by atoms with Gasteiger partial charge in [0.25, 0.3) is 0 Å². The number of aromatic carboxylic acids is 1. The Morgan fingerprint density at radius 3 is 2.70 bits per heavy atom. The highest BCUT2D eigenvalue weighted by Gasteiger charge is 2.20. The Morgan fingerprint density at radius 1 is 1.25 bits per heavy atom. The molecule has 0 bridgehead atoms. The van der Waals surface area contributed by atoms with Crippen molar-refractivity contribution in [3.63, 3.8) is 0 Å². The van der Waals surface area contributed by atoms with Crippen molar-refractivity contribution in [1.82, 2.24) is 4.98 Å². The van der Waals surface area contributed by atoms with E-state index in [0.717, 1.165) is 16.7 Å². The van der Waals surface area contributed by atoms with Crippen LogP contribution in [0.1, 0.15) is 28.4 Å². The third kappa shape index (κ3) is 2.16. The van der Waals surface area contributed by atoms with Gasteiger partial charge in [-0.15, -0.1) is 0 Å². The highest BCUT2D eigenvalue weighted by molar-refractivity contribution is 5.92. The second kappa shape index (κ2) is 4.81. The van der Waals surface area contributed by atoms with E-state index < -0.39 is 5.97 Å². The zero-order valence-electron chi connectivity index (χ0n) is 10.9. The average Bonchev–Trinajstić information content (AvgIpc) is 2.46. The number of ether oxygens (including phenoxy) is 1. The Labute approximate surface area is 116 Å². The molecule has 2 aromatic rings. The smallest absolute Gasteiger partial charge is 0.335 e. The molecule has 1 atom stereocenters. The zero-order chi connectivity index (χ0) is 14.1. The number of carboxylic acids is 1. The van der Waals surface area contributed by atoms with Crippen LogP contribution in [0.3, 0.4) is 0 Å². The monoisotopic (exact) mass is 267 g/mol. The van der Waals surface area contributed by atoms with Gasteiger partial charge in [0.1, 0.15) is 11.9 Å². The molecular formula is C16H13NO3. The van der Waals surface area contributed by atoms with Crippen molar-refractivity contribution in [2.45, 2.75) is 13.0 Å². The quantitative estimate of drug-likeness (QED) is 0.908. The fourth-order valence-corrected chi connectivity index (χ4v) is 2.32. The molecule has 1 aliphatic rings. The topological polar surface area (TPSA) is 59.4 Å². The van der Waals surface area contributed by atoms with Gasteiger partial charge in [0.05, 0.1) is 5.56 Å². The highest BCUT2D eigenvalue weighted by atomic mass is 16.5. The maximum atomic E-state index is 11.1. The number of rotatable bonds is 2. The van der Waals surface area contributed by atoms with Gasteiger partial charge in [-0.05, 0) is 54.5 Å². The summed E-state index contributed by atoms with van der Waals surface area (Å²) < 4.78 is 5.73. The van der Waals surface area contributed by atoms with Crippen LogP contribution in [0.5, 0.6) is 5.75 Å². The number of aromatic nitrogens is 1. The zero-order valence-corrected chi connectivity index (χ0v) is 10.9. The van der Waals surface area contributed by atoms with Crippen LogP contribution < -0.4 is 4.74 Å². The van der Waals surface area contributed by atoms with Gasteiger partial charge in [-0.1, -0.05) is 0 Å². The summed E-state index contributed by atoms with van der Waals surface area (Å²) in [7, 11) is 0. The first kappa shape index (κ1) is 12.4. The molecule has 3 rings (SSSR count). The van der Waals surface area contributed by atoms with E-state index in [1.807, 2.05) is 25.1 Å². The van der Waals surface area contributed by atoms with Gasteiger partial charge < -0.3 is 9.84 Å². The Kier molecular flexibility index (Phi) is 2.99. The van der Waals surface area contributed by atoms with Crippen LogP contribution in [0.25, 0.3) is 5.57 Å². The van der Waals surface area contributed by atoms with Crippen LogP contribution >= 0.6 is 0 Å². The van der Waals surface area contributed by atoms with Crippen LogP contribution in [-0.2, 0) is 0 Å². The second-order valence-corrected chi connectivity index (χ2v) is 4.66. The molecule has 20 heavy (non-hydrogen) atoms. The number of nitrogens with zero attached hydrogens (tertiary/aromatic N) is 1. The summed E-state index contributed by atoms with van der Waals surface area (Å²) in [5.74, 6) is -0.239. The van der Waals surface area contributed by atoms with E-state index in [0.29, 0.717) is 5.75 Å². The molecule has 2 heterocycles. The molecule has 0 spiro atoms. The van der Waals surface area contributed by atoms with Crippen molar-refractivity contribution in [3.8, 4) is 5.75 Å². The molecule has 0 amide bonds. The molecule has 0 saturated carbocycles. The normalized spacial score (nSPS) is 16.9. The molecule has 1 aromatic heterocycles. The Bertz CT molecular complexity index is 692. The molecule has 100 valence electrons. The van der Waals surface area contributed by atoms with Gasteiger partial charge in [-0.3, -0.25) is 4.98 Å². The van der Waals surface area contributed by atoms with Crippen molar-refractivity contribution in [1.29, 1.82) is 0 Å². The van der Waals surface area contributed by atoms with E-state index in [1.54, 1.807) is 30.6 Å². The number of hydrogen-bond donors (Lipinski definition) is 1. The number of carbonyl (C=O) groups is 1. The third-order valence-electron chi connectivity index (χ3n) is 3.22. The minimum absolute atomic E-state index is 0.0543. The Morgan fingerprint density at radius 2 is 2.00 bits per heavy atom. The highest BCUT2D eigenvalue weighted by Crippen LogP contribution is 2.36. The van der Waals surface area contributed by atoms with Crippen LogP contribution in [0, 0.1) is 0 Å². The summed E-state index contributed by atoms with van der Waals surface area (Å²) >= 11 is 0. The maximum absolute atomic E-state index is 11.1. The lowest BCUT2D eigenvalue weighted by Crippen LogP contribution is -2.16. The van der Waals surface area contributed by atoms with Crippen molar-refractivity contribution in [3.05, 3.63) is 65.5 Å². The van der Waals surface area contributed by atoms with Crippen molar-refractivity contribution in [2.75, 3.05) is 0 Å². The van der Waals surface area contributed by atoms with Gasteiger partial charge >= 0.3 is 5.97 Å². The van der Waals surface area contributed by atoms with Crippen LogP contribution in [-0.4, -0.2) is 22.2 Å². The predicted molar refractivity (Wildman–Crippen MR) is 74.8 cm³/mol. The number of fused-ring (bicyclic) bond motifs is 1. The molecule has 1 N–H and O–H groups in total. The first-order chi connectivity index (χ1) is 9.65. The van der Waals surface area contributed by atoms with Crippen LogP contribution in [0.2, 0.25) is 0 Å². The Hall–Kier alpha value is -2.62. The van der Waals surface area contributed by atoms with E-state index in [4.69, 9.17) is 9.84 Å². The molecule has 0 aliphatic carbocycles. The lowest BCUT2D eigenvalue weighted by Gasteiger charge is -2.23. The lowest BCUT2D eigenvalue weighted by atomic mass is 9.93. The van der Waals surface area contributed by atoms with E-state index in [9.17, 15) is 4.79 Å². The fraction of sp³-hybridized carbons (Fsp3) is 0.125. The predicted octanol–water partition coefficient (Wildman–Crippen LogP) is 2.99. The van der Waals surface area contributed by atoms with Gasteiger partial charge in [0.15, 0.2) is 0 Å². The summed E-state index contributed by atoms with van der Waals surface area (Å²) in [4.78, 5) is 15.1. The van der Waals surface area contributed by atoms with E-state index in [2.05, 4.69) is 4.98 Å². The van der Waals surface area contributed by atoms with Crippen LogP contribution in [0.4, 0.5) is 0 Å². The first-order valence-electron chi connectivity index (χ1n) is 6.32. The van der Waals surface area contributed by atoms with Gasteiger partial charge in [0, 0.05) is 18.0 Å². The molecule has 4 nitrogen and oxygen atoms in total. The molecular weight excluding hydrogens is 254 g/mol. The molecule has 0 fully saturated rings. The molecule has 1 unspecified atom stereocenters. The number of pyridine rings is 1.